The Balaban J connectivity index is 0.000000211. The maximum absolute atomic E-state index is 13.3. The van der Waals surface area contributed by atoms with Gasteiger partial charge in [0, 0.05) is 37.2 Å². The van der Waals surface area contributed by atoms with Gasteiger partial charge in [-0.3, -0.25) is 0 Å². The van der Waals surface area contributed by atoms with Gasteiger partial charge in [0.1, 0.15) is 5.82 Å². The summed E-state index contributed by atoms with van der Waals surface area (Å²) in [5.41, 5.74) is 9.01. The second-order valence-electron chi connectivity index (χ2n) is 14.4. The van der Waals surface area contributed by atoms with Crippen LogP contribution >= 0.6 is 11.3 Å². The van der Waals surface area contributed by atoms with E-state index in [-0.39, 0.29) is 25.9 Å². The van der Waals surface area contributed by atoms with Gasteiger partial charge >= 0.3 is 0 Å². The van der Waals surface area contributed by atoms with E-state index in [2.05, 4.69) is 124 Å². The van der Waals surface area contributed by atoms with Gasteiger partial charge in [0.25, 0.3) is 0 Å². The number of nitrogens with zero attached hydrogens (tertiary/aromatic N) is 2. The Morgan fingerprint density at radius 3 is 2.20 bits per heavy atom. The van der Waals surface area contributed by atoms with E-state index in [4.69, 9.17) is 0 Å². The molecule has 0 amide bonds. The molecule has 0 atom stereocenters. The number of pyridine rings is 2. The van der Waals surface area contributed by atoms with Crippen molar-refractivity contribution in [2.75, 3.05) is 0 Å². The molecule has 0 aliphatic heterocycles. The van der Waals surface area contributed by atoms with Gasteiger partial charge in [0.15, 0.2) is 0 Å². The van der Waals surface area contributed by atoms with E-state index in [1.165, 1.54) is 48.6 Å². The van der Waals surface area contributed by atoms with Gasteiger partial charge in [-0.15, -0.1) is 59.7 Å². The molecule has 6 heteroatoms. The van der Waals surface area contributed by atoms with E-state index in [1.54, 1.807) is 11.3 Å². The van der Waals surface area contributed by atoms with Crippen LogP contribution in [-0.2, 0) is 26.5 Å². The van der Waals surface area contributed by atoms with Gasteiger partial charge in [0.05, 0.1) is 8.07 Å². The van der Waals surface area contributed by atoms with Crippen molar-refractivity contribution in [3.8, 4) is 33.6 Å². The monoisotopic (exact) mass is 871 g/mol. The van der Waals surface area contributed by atoms with E-state index in [1.807, 2.05) is 42.6 Å². The summed E-state index contributed by atoms with van der Waals surface area (Å²) in [6.07, 6.45) is 5.04. The quantitative estimate of drug-likeness (QED) is 0.118. The maximum Gasteiger partial charge on any atom is 0.123 e. The molecule has 7 aromatic rings. The molecule has 0 fully saturated rings. The number of halogens is 1. The van der Waals surface area contributed by atoms with E-state index in [0.29, 0.717) is 11.8 Å². The molecule has 7 rings (SSSR count). The number of benzene rings is 4. The smallest absolute Gasteiger partial charge is 0.123 e. The van der Waals surface area contributed by atoms with E-state index in [9.17, 15) is 4.39 Å². The second-order valence-corrected chi connectivity index (χ2v) is 20.5. The standard InChI is InChI=1S/C27H21FNS.C17H22NSi.Ir/c1-17(2)14-18-12-13-29-25(15-18)24-5-3-4-23-22-11-8-20(16-26(22)30-27(23)24)19-6-9-21(28)10-7-19;1-13(2)15-11-16(14-9-7-6-8-10-14)18-12-17(15)19(3,4)5;/h3-4,6-13,15-17H,14H2,1-2H3;6-9,11-13H,1-5H3;/q2*-1;. The fourth-order valence-electron chi connectivity index (χ4n) is 6.24. The number of hydrogen-bond donors (Lipinski definition) is 0. The van der Waals surface area contributed by atoms with E-state index < -0.39 is 8.07 Å². The van der Waals surface area contributed by atoms with Gasteiger partial charge in [-0.05, 0) is 80.3 Å². The number of aromatic nitrogens is 2. The minimum Gasteiger partial charge on any atom is -0.305 e. The van der Waals surface area contributed by atoms with Crippen molar-refractivity contribution in [2.24, 2.45) is 5.92 Å². The molecule has 0 aliphatic carbocycles. The minimum absolute atomic E-state index is 0. The summed E-state index contributed by atoms with van der Waals surface area (Å²) in [6.45, 7) is 16.1. The van der Waals surface area contributed by atoms with Crippen LogP contribution in [0.4, 0.5) is 4.39 Å². The molecule has 0 unspecified atom stereocenters. The SMILES string of the molecule is CC(C)Cc1ccnc(-c2[c-]ccc3c2sc2cc(-c4ccc(F)cc4)ccc23)c1.CC(C)c1cc(-c2[c-]cccc2)ncc1[Si](C)(C)C.[Ir]. The minimum atomic E-state index is -1.34. The third kappa shape index (κ3) is 8.55. The summed E-state index contributed by atoms with van der Waals surface area (Å²) in [5, 5.41) is 3.93. The molecule has 1 radical (unpaired) electrons. The predicted molar refractivity (Wildman–Crippen MR) is 211 cm³/mol. The van der Waals surface area contributed by atoms with Gasteiger partial charge in [-0.25, -0.2) is 4.39 Å². The van der Waals surface area contributed by atoms with Crippen LogP contribution in [0, 0.1) is 23.9 Å². The summed E-state index contributed by atoms with van der Waals surface area (Å²) >= 11 is 1.77. The summed E-state index contributed by atoms with van der Waals surface area (Å²) in [4.78, 5) is 9.31. The Morgan fingerprint density at radius 1 is 0.760 bits per heavy atom. The molecule has 0 saturated carbocycles. The molecule has 0 saturated heterocycles. The molecule has 3 heterocycles. The summed E-state index contributed by atoms with van der Waals surface area (Å²) in [6, 6.07) is 38.5. The largest absolute Gasteiger partial charge is 0.305 e. The zero-order valence-corrected chi connectivity index (χ0v) is 34.0. The first-order valence-electron chi connectivity index (χ1n) is 17.0. The first-order chi connectivity index (χ1) is 23.5. The van der Waals surface area contributed by atoms with Crippen molar-refractivity contribution in [2.45, 2.75) is 59.7 Å². The zero-order chi connectivity index (χ0) is 34.7. The molecular formula is C44H43FIrN2SSi-2. The normalized spacial score (nSPS) is 11.5. The summed E-state index contributed by atoms with van der Waals surface area (Å²) in [7, 11) is -1.34. The molecule has 0 spiro atoms. The topological polar surface area (TPSA) is 25.8 Å². The van der Waals surface area contributed by atoms with Gasteiger partial charge in [-0.2, -0.15) is 11.3 Å². The molecule has 3 aromatic heterocycles. The third-order valence-electron chi connectivity index (χ3n) is 8.69. The van der Waals surface area contributed by atoms with Crippen LogP contribution in [0.2, 0.25) is 19.6 Å². The van der Waals surface area contributed by atoms with Crippen LogP contribution in [0.15, 0.2) is 109 Å². The summed E-state index contributed by atoms with van der Waals surface area (Å²) < 4.78 is 15.7. The third-order valence-corrected chi connectivity index (χ3v) is 11.9. The van der Waals surface area contributed by atoms with Crippen LogP contribution in [0.1, 0.15) is 44.7 Å². The number of thiophene rings is 1. The van der Waals surface area contributed by atoms with Crippen molar-refractivity contribution in [1.82, 2.24) is 9.97 Å². The van der Waals surface area contributed by atoms with Crippen LogP contribution in [0.3, 0.4) is 0 Å². The fourth-order valence-corrected chi connectivity index (χ4v) is 9.16. The molecule has 50 heavy (non-hydrogen) atoms. The molecule has 4 aromatic carbocycles. The van der Waals surface area contributed by atoms with Gasteiger partial charge in [-0.1, -0.05) is 100 Å². The van der Waals surface area contributed by atoms with Crippen LogP contribution in [0.25, 0.3) is 53.8 Å². The Hall–Kier alpha value is -3.80. The van der Waals surface area contributed by atoms with Crippen LogP contribution in [0.5, 0.6) is 0 Å². The van der Waals surface area contributed by atoms with Crippen LogP contribution in [-0.4, -0.2) is 18.0 Å². The Morgan fingerprint density at radius 2 is 1.52 bits per heavy atom. The van der Waals surface area contributed by atoms with Crippen molar-refractivity contribution in [1.29, 1.82) is 0 Å². The molecule has 0 bridgehead atoms. The first kappa shape index (κ1) is 37.5. The Bertz CT molecular complexity index is 2200. The van der Waals surface area contributed by atoms with Crippen molar-refractivity contribution >= 4 is 44.8 Å². The van der Waals surface area contributed by atoms with Gasteiger partial charge < -0.3 is 9.97 Å². The van der Waals surface area contributed by atoms with Crippen LogP contribution < -0.4 is 5.19 Å². The first-order valence-corrected chi connectivity index (χ1v) is 21.4. The zero-order valence-electron chi connectivity index (χ0n) is 29.8. The molecule has 0 aliphatic rings. The predicted octanol–water partition coefficient (Wildman–Crippen LogP) is 12.1. The van der Waals surface area contributed by atoms with Crippen molar-refractivity contribution < 1.29 is 24.5 Å². The fraction of sp³-hybridized carbons (Fsp3) is 0.227. The molecule has 257 valence electrons. The van der Waals surface area contributed by atoms with Crippen molar-refractivity contribution in [3.63, 3.8) is 0 Å². The molecule has 0 N–H and O–H groups in total. The number of hydrogen-bond acceptors (Lipinski definition) is 3. The Labute approximate surface area is 315 Å². The Kier molecular flexibility index (Phi) is 12.0. The van der Waals surface area contributed by atoms with Crippen molar-refractivity contribution in [3.05, 3.63) is 139 Å². The average molecular weight is 871 g/mol. The van der Waals surface area contributed by atoms with E-state index in [0.717, 1.165) is 40.1 Å². The molecule has 2 nitrogen and oxygen atoms in total. The summed E-state index contributed by atoms with van der Waals surface area (Å²) in [5.74, 6) is 0.926. The maximum atomic E-state index is 13.3. The number of fused-ring (bicyclic) bond motifs is 3. The number of rotatable bonds is 7. The average Bonchev–Trinajstić information content (AvgIpc) is 3.46. The van der Waals surface area contributed by atoms with Gasteiger partial charge in [0.2, 0.25) is 0 Å². The second kappa shape index (κ2) is 16.0. The van der Waals surface area contributed by atoms with E-state index >= 15 is 0 Å². The molecular weight excluding hydrogens is 828 g/mol.